The Morgan fingerprint density at radius 2 is 2.29 bits per heavy atom. The van der Waals surface area contributed by atoms with Gasteiger partial charge in [-0.15, -0.1) is 5.10 Å². The zero-order valence-corrected chi connectivity index (χ0v) is 13.5. The van der Waals surface area contributed by atoms with Crippen LogP contribution in [0.1, 0.15) is 36.7 Å². The Hall–Kier alpha value is -2.77. The highest BCUT2D eigenvalue weighted by molar-refractivity contribution is 5.78. The highest BCUT2D eigenvalue weighted by Gasteiger charge is 2.30. The number of likely N-dealkylation sites (tertiary alicyclic amines) is 1. The van der Waals surface area contributed by atoms with E-state index in [0.29, 0.717) is 0 Å². The van der Waals surface area contributed by atoms with Gasteiger partial charge < -0.3 is 9.88 Å². The van der Waals surface area contributed by atoms with Crippen LogP contribution in [0.15, 0.2) is 24.5 Å². The molecule has 8 heteroatoms. The molecule has 1 N–H and O–H groups in total. The van der Waals surface area contributed by atoms with E-state index < -0.39 is 0 Å². The van der Waals surface area contributed by atoms with E-state index >= 15 is 0 Å². The molecule has 124 valence electrons. The maximum absolute atomic E-state index is 12.7. The van der Waals surface area contributed by atoms with Crippen molar-refractivity contribution in [2.45, 2.75) is 38.8 Å². The number of rotatable bonds is 3. The average molecular weight is 325 g/mol. The molecule has 0 unspecified atom stereocenters. The van der Waals surface area contributed by atoms with Gasteiger partial charge in [-0.25, -0.2) is 9.67 Å². The lowest BCUT2D eigenvalue weighted by atomic mass is 10.0. The van der Waals surface area contributed by atoms with Gasteiger partial charge >= 0.3 is 0 Å². The number of aromatic amines is 1. The fourth-order valence-corrected chi connectivity index (χ4v) is 3.30. The number of nitrogens with zero attached hydrogens (tertiary/aromatic N) is 6. The smallest absolute Gasteiger partial charge is 0.245 e. The van der Waals surface area contributed by atoms with E-state index in [1.54, 1.807) is 0 Å². The predicted octanol–water partition coefficient (Wildman–Crippen LogP) is 1.61. The number of amides is 1. The summed E-state index contributed by atoms with van der Waals surface area (Å²) in [7, 11) is 0. The molecule has 1 aliphatic rings. The summed E-state index contributed by atoms with van der Waals surface area (Å²) >= 11 is 0. The van der Waals surface area contributed by atoms with Gasteiger partial charge in [0.15, 0.2) is 0 Å². The second-order valence-corrected chi connectivity index (χ2v) is 6.25. The minimum atomic E-state index is -0.0181. The normalized spacial score (nSPS) is 18.2. The van der Waals surface area contributed by atoms with Crippen LogP contribution in [0.3, 0.4) is 0 Å². The highest BCUT2D eigenvalue weighted by atomic mass is 16.2. The first-order valence-electron chi connectivity index (χ1n) is 8.17. The van der Waals surface area contributed by atoms with Crippen LogP contribution in [0.5, 0.6) is 0 Å². The van der Waals surface area contributed by atoms with Gasteiger partial charge in [0.2, 0.25) is 5.91 Å². The van der Waals surface area contributed by atoms with E-state index in [4.69, 9.17) is 4.98 Å². The average Bonchev–Trinajstić information content (AvgIpc) is 3.23. The van der Waals surface area contributed by atoms with E-state index in [-0.39, 0.29) is 18.5 Å². The third-order valence-corrected chi connectivity index (χ3v) is 4.48. The van der Waals surface area contributed by atoms with Crippen LogP contribution in [0.4, 0.5) is 0 Å². The molecule has 1 aromatic carbocycles. The third kappa shape index (κ3) is 2.75. The van der Waals surface area contributed by atoms with Gasteiger partial charge in [0, 0.05) is 6.54 Å². The summed E-state index contributed by atoms with van der Waals surface area (Å²) in [5.41, 5.74) is 3.14. The zero-order valence-electron chi connectivity index (χ0n) is 13.5. The lowest BCUT2D eigenvalue weighted by Crippen LogP contribution is -2.40. The maximum Gasteiger partial charge on any atom is 0.245 e. The number of hydrogen-bond donors (Lipinski definition) is 1. The predicted molar refractivity (Wildman–Crippen MR) is 87.0 cm³/mol. The summed E-state index contributed by atoms with van der Waals surface area (Å²) in [6, 6.07) is 6.13. The van der Waals surface area contributed by atoms with E-state index in [1.807, 2.05) is 11.0 Å². The van der Waals surface area contributed by atoms with E-state index in [2.05, 4.69) is 39.6 Å². The number of carbonyl (C=O) groups excluding carboxylic acids is 1. The Morgan fingerprint density at radius 1 is 1.38 bits per heavy atom. The number of tetrazole rings is 1. The number of piperidine rings is 1. The van der Waals surface area contributed by atoms with Gasteiger partial charge in [-0.3, -0.25) is 4.79 Å². The quantitative estimate of drug-likeness (QED) is 0.790. The lowest BCUT2D eigenvalue weighted by Gasteiger charge is -2.34. The summed E-state index contributed by atoms with van der Waals surface area (Å²) in [5, 5.41) is 10.9. The summed E-state index contributed by atoms with van der Waals surface area (Å²) in [6.45, 7) is 2.95. The summed E-state index contributed by atoms with van der Waals surface area (Å²) in [6.07, 6.45) is 4.48. The van der Waals surface area contributed by atoms with E-state index in [0.717, 1.165) is 42.7 Å². The molecular weight excluding hydrogens is 306 g/mol. The molecule has 0 bridgehead atoms. The molecule has 0 saturated carbocycles. The van der Waals surface area contributed by atoms with Crippen molar-refractivity contribution in [2.75, 3.05) is 6.54 Å². The van der Waals surface area contributed by atoms with Crippen molar-refractivity contribution in [3.63, 3.8) is 0 Å². The van der Waals surface area contributed by atoms with Gasteiger partial charge in [0.05, 0.1) is 17.1 Å². The fraction of sp³-hybridized carbons (Fsp3) is 0.438. The molecule has 8 nitrogen and oxygen atoms in total. The number of hydrogen-bond acceptors (Lipinski definition) is 5. The van der Waals surface area contributed by atoms with Crippen LogP contribution < -0.4 is 0 Å². The first-order valence-corrected chi connectivity index (χ1v) is 8.17. The summed E-state index contributed by atoms with van der Waals surface area (Å²) in [4.78, 5) is 22.7. The van der Waals surface area contributed by atoms with Crippen LogP contribution in [0, 0.1) is 6.92 Å². The Morgan fingerprint density at radius 3 is 3.12 bits per heavy atom. The van der Waals surface area contributed by atoms with Crippen molar-refractivity contribution in [2.24, 2.45) is 0 Å². The van der Waals surface area contributed by atoms with Crippen LogP contribution in [0.25, 0.3) is 11.0 Å². The molecule has 4 rings (SSSR count). The summed E-state index contributed by atoms with van der Waals surface area (Å²) < 4.78 is 1.45. The van der Waals surface area contributed by atoms with E-state index in [9.17, 15) is 4.79 Å². The van der Waals surface area contributed by atoms with Crippen LogP contribution in [0.2, 0.25) is 0 Å². The largest absolute Gasteiger partial charge is 0.340 e. The number of benzene rings is 1. The molecule has 0 spiro atoms. The number of nitrogens with one attached hydrogen (secondary N) is 1. The number of imidazole rings is 1. The number of aryl methyl sites for hydroxylation is 1. The van der Waals surface area contributed by atoms with Crippen molar-refractivity contribution < 1.29 is 4.79 Å². The van der Waals surface area contributed by atoms with Crippen molar-refractivity contribution >= 4 is 16.9 Å². The van der Waals surface area contributed by atoms with Gasteiger partial charge in [-0.05, 0) is 54.3 Å². The Bertz CT molecular complexity index is 855. The van der Waals surface area contributed by atoms with Gasteiger partial charge in [-0.2, -0.15) is 0 Å². The fourth-order valence-electron chi connectivity index (χ4n) is 3.30. The van der Waals surface area contributed by atoms with Crippen LogP contribution >= 0.6 is 0 Å². The van der Waals surface area contributed by atoms with Gasteiger partial charge in [0.25, 0.3) is 0 Å². The second-order valence-electron chi connectivity index (χ2n) is 6.25. The van der Waals surface area contributed by atoms with Crippen molar-refractivity contribution in [3.8, 4) is 0 Å². The van der Waals surface area contributed by atoms with Crippen molar-refractivity contribution in [1.29, 1.82) is 0 Å². The van der Waals surface area contributed by atoms with Crippen molar-refractivity contribution in [1.82, 2.24) is 35.1 Å². The first kappa shape index (κ1) is 14.8. The molecule has 1 amide bonds. The Labute approximate surface area is 138 Å². The molecular formula is C16H19N7O. The molecule has 3 aromatic rings. The summed E-state index contributed by atoms with van der Waals surface area (Å²) in [5.74, 6) is 0.879. The van der Waals surface area contributed by atoms with Gasteiger partial charge in [0.1, 0.15) is 18.7 Å². The Kier molecular flexibility index (Phi) is 3.72. The molecule has 1 atom stereocenters. The SMILES string of the molecule is Cc1ccc2nc([C@H]3CCCCN3C(=O)Cn3cnnn3)[nH]c2c1. The van der Waals surface area contributed by atoms with Gasteiger partial charge in [-0.1, -0.05) is 6.07 Å². The lowest BCUT2D eigenvalue weighted by molar-refractivity contribution is -0.136. The minimum absolute atomic E-state index is 0.0173. The number of H-pyrrole nitrogens is 1. The Balaban J connectivity index is 1.61. The minimum Gasteiger partial charge on any atom is -0.340 e. The number of fused-ring (bicyclic) bond motifs is 1. The molecule has 0 aliphatic carbocycles. The number of aromatic nitrogens is 6. The standard InChI is InChI=1S/C16H19N7O/c1-11-5-6-12-13(8-11)19-16(18-12)14-4-2-3-7-23(14)15(24)9-22-10-17-20-21-22/h5-6,8,10,14H,2-4,7,9H2,1H3,(H,18,19)/t14-/m1/s1. The first-order chi connectivity index (χ1) is 11.7. The highest BCUT2D eigenvalue weighted by Crippen LogP contribution is 2.30. The number of carbonyl (C=O) groups is 1. The molecule has 1 saturated heterocycles. The van der Waals surface area contributed by atoms with Crippen LogP contribution in [-0.4, -0.2) is 47.5 Å². The second kappa shape index (κ2) is 6.03. The monoisotopic (exact) mass is 325 g/mol. The maximum atomic E-state index is 12.7. The molecule has 1 fully saturated rings. The molecule has 3 heterocycles. The molecule has 2 aromatic heterocycles. The molecule has 24 heavy (non-hydrogen) atoms. The zero-order chi connectivity index (χ0) is 16.5. The van der Waals surface area contributed by atoms with Crippen molar-refractivity contribution in [3.05, 3.63) is 35.9 Å². The molecule has 0 radical (unpaired) electrons. The van der Waals surface area contributed by atoms with E-state index in [1.165, 1.54) is 16.6 Å². The topological polar surface area (TPSA) is 92.6 Å². The molecule has 1 aliphatic heterocycles. The van der Waals surface area contributed by atoms with Crippen LogP contribution in [-0.2, 0) is 11.3 Å². The third-order valence-electron chi connectivity index (χ3n) is 4.48.